The first-order valence-electron chi connectivity index (χ1n) is 5.71. The van der Waals surface area contributed by atoms with Gasteiger partial charge in [-0.05, 0) is 18.2 Å². The number of aromatic amines is 1. The number of hydrogen-bond donors (Lipinski definition) is 3. The minimum atomic E-state index is -1.05. The Morgan fingerprint density at radius 2 is 2.05 bits per heavy atom. The van der Waals surface area contributed by atoms with Crippen molar-refractivity contribution in [1.82, 2.24) is 15.3 Å². The van der Waals surface area contributed by atoms with Gasteiger partial charge in [0.15, 0.2) is 0 Å². The second kappa shape index (κ2) is 5.79. The summed E-state index contributed by atoms with van der Waals surface area (Å²) in [6, 6.07) is 5.40. The Morgan fingerprint density at radius 1 is 1.25 bits per heavy atom. The summed E-state index contributed by atoms with van der Waals surface area (Å²) in [7, 11) is 0. The highest BCUT2D eigenvalue weighted by Crippen LogP contribution is 2.02. The fourth-order valence-electron chi connectivity index (χ4n) is 1.53. The van der Waals surface area contributed by atoms with Crippen LogP contribution in [-0.4, -0.2) is 27.0 Å². The van der Waals surface area contributed by atoms with E-state index < -0.39 is 5.97 Å². The molecule has 20 heavy (non-hydrogen) atoms. The van der Waals surface area contributed by atoms with Crippen LogP contribution >= 0.6 is 0 Å². The molecule has 0 aliphatic carbocycles. The van der Waals surface area contributed by atoms with E-state index in [4.69, 9.17) is 5.11 Å². The van der Waals surface area contributed by atoms with Crippen molar-refractivity contribution in [2.24, 2.45) is 0 Å². The highest BCUT2D eigenvalue weighted by atomic mass is 16.4. The van der Waals surface area contributed by atoms with E-state index in [0.29, 0.717) is 11.3 Å². The van der Waals surface area contributed by atoms with Crippen molar-refractivity contribution in [2.75, 3.05) is 0 Å². The van der Waals surface area contributed by atoms with Crippen LogP contribution in [0.2, 0.25) is 0 Å². The van der Waals surface area contributed by atoms with Crippen LogP contribution in [0.3, 0.4) is 0 Å². The fraction of sp³-hybridized carbons (Fsp3) is 0.0769. The maximum atomic E-state index is 11.8. The second-order valence-electron chi connectivity index (χ2n) is 3.97. The first-order chi connectivity index (χ1) is 9.56. The number of aromatic nitrogens is 2. The monoisotopic (exact) mass is 273 g/mol. The number of H-pyrrole nitrogens is 1. The number of amides is 1. The molecular formula is C13H11N3O4. The van der Waals surface area contributed by atoms with E-state index in [1.807, 2.05) is 0 Å². The van der Waals surface area contributed by atoms with Gasteiger partial charge in [0, 0.05) is 18.5 Å². The van der Waals surface area contributed by atoms with Crippen LogP contribution in [0.4, 0.5) is 0 Å². The number of carbonyl (C=O) groups is 2. The number of nitrogens with zero attached hydrogens (tertiary/aromatic N) is 1. The molecule has 0 aliphatic heterocycles. The normalized spacial score (nSPS) is 10.0. The third-order valence-electron chi connectivity index (χ3n) is 2.54. The van der Waals surface area contributed by atoms with E-state index in [1.165, 1.54) is 36.7 Å². The minimum absolute atomic E-state index is 0.0963. The molecule has 0 aliphatic rings. The van der Waals surface area contributed by atoms with Gasteiger partial charge in [0.1, 0.15) is 0 Å². The van der Waals surface area contributed by atoms with Crippen molar-refractivity contribution in [3.8, 4) is 0 Å². The summed E-state index contributed by atoms with van der Waals surface area (Å²) in [6.45, 7) is 0.0963. The number of rotatable bonds is 4. The Balaban J connectivity index is 2.03. The molecule has 3 N–H and O–H groups in total. The largest absolute Gasteiger partial charge is 0.478 e. The van der Waals surface area contributed by atoms with Crippen LogP contribution in [0.1, 0.15) is 26.4 Å². The lowest BCUT2D eigenvalue weighted by molar-refractivity contribution is 0.0696. The first kappa shape index (κ1) is 13.5. The lowest BCUT2D eigenvalue weighted by Gasteiger charge is -2.05. The Hall–Kier alpha value is -2.96. The average molecular weight is 273 g/mol. The molecule has 0 radical (unpaired) electrons. The smallest absolute Gasteiger partial charge is 0.335 e. The quantitative estimate of drug-likeness (QED) is 0.746. The van der Waals surface area contributed by atoms with E-state index in [2.05, 4.69) is 15.3 Å². The van der Waals surface area contributed by atoms with Crippen molar-refractivity contribution in [3.05, 3.63) is 63.8 Å². The third kappa shape index (κ3) is 3.29. The Labute approximate surface area is 113 Å². The van der Waals surface area contributed by atoms with Crippen LogP contribution in [0.25, 0.3) is 0 Å². The zero-order valence-electron chi connectivity index (χ0n) is 10.3. The zero-order chi connectivity index (χ0) is 14.5. The fourth-order valence-corrected chi connectivity index (χ4v) is 1.53. The van der Waals surface area contributed by atoms with Gasteiger partial charge in [-0.2, -0.15) is 0 Å². The van der Waals surface area contributed by atoms with Crippen LogP contribution in [0, 0.1) is 0 Å². The van der Waals surface area contributed by atoms with E-state index in [1.54, 1.807) is 0 Å². The van der Waals surface area contributed by atoms with Gasteiger partial charge in [0.2, 0.25) is 5.56 Å². The zero-order valence-corrected chi connectivity index (χ0v) is 10.3. The van der Waals surface area contributed by atoms with E-state index in [0.717, 1.165) is 0 Å². The van der Waals surface area contributed by atoms with Crippen molar-refractivity contribution >= 4 is 11.9 Å². The SMILES string of the molecule is O=C(O)c1ccnc(CNC(=O)c2ccc(=O)[nH]c2)c1. The van der Waals surface area contributed by atoms with Gasteiger partial charge < -0.3 is 15.4 Å². The summed E-state index contributed by atoms with van der Waals surface area (Å²) in [5, 5.41) is 11.4. The van der Waals surface area contributed by atoms with Gasteiger partial charge in [-0.25, -0.2) is 4.79 Å². The summed E-state index contributed by atoms with van der Waals surface area (Å²) in [5.41, 5.74) is 0.548. The molecule has 0 atom stereocenters. The van der Waals surface area contributed by atoms with Gasteiger partial charge in [-0.1, -0.05) is 0 Å². The second-order valence-corrected chi connectivity index (χ2v) is 3.97. The molecule has 102 valence electrons. The molecule has 2 aromatic rings. The Bertz CT molecular complexity index is 688. The molecule has 7 nitrogen and oxygen atoms in total. The van der Waals surface area contributed by atoms with Crippen molar-refractivity contribution < 1.29 is 14.7 Å². The molecule has 0 spiro atoms. The van der Waals surface area contributed by atoms with Gasteiger partial charge >= 0.3 is 5.97 Å². The van der Waals surface area contributed by atoms with E-state index in [-0.39, 0.29) is 23.6 Å². The van der Waals surface area contributed by atoms with Crippen LogP contribution in [-0.2, 0) is 6.54 Å². The van der Waals surface area contributed by atoms with Gasteiger partial charge in [-0.15, -0.1) is 0 Å². The minimum Gasteiger partial charge on any atom is -0.478 e. The molecule has 7 heteroatoms. The number of aromatic carboxylic acids is 1. The van der Waals surface area contributed by atoms with Crippen LogP contribution in [0.5, 0.6) is 0 Å². The first-order valence-corrected chi connectivity index (χ1v) is 5.71. The molecule has 0 aromatic carbocycles. The van der Waals surface area contributed by atoms with E-state index >= 15 is 0 Å². The third-order valence-corrected chi connectivity index (χ3v) is 2.54. The molecule has 0 fully saturated rings. The molecule has 0 saturated heterocycles. The number of nitrogens with one attached hydrogen (secondary N) is 2. The molecule has 0 unspecified atom stereocenters. The maximum Gasteiger partial charge on any atom is 0.335 e. The Kier molecular flexibility index (Phi) is 3.90. The summed E-state index contributed by atoms with van der Waals surface area (Å²) in [6.07, 6.45) is 2.67. The number of pyridine rings is 2. The number of carbonyl (C=O) groups excluding carboxylic acids is 1. The predicted octanol–water partition coefficient (Wildman–Crippen LogP) is 0.398. The van der Waals surface area contributed by atoms with Crippen LogP contribution < -0.4 is 10.9 Å². The van der Waals surface area contributed by atoms with Crippen molar-refractivity contribution in [1.29, 1.82) is 0 Å². The molecule has 1 amide bonds. The molecule has 0 bridgehead atoms. The average Bonchev–Trinajstić information content (AvgIpc) is 2.46. The standard InChI is InChI=1S/C13H11N3O4/c17-11-2-1-9(6-15-11)12(18)16-7-10-5-8(13(19)20)3-4-14-10/h1-6H,7H2,(H,15,17)(H,16,18)(H,19,20). The van der Waals surface area contributed by atoms with Crippen molar-refractivity contribution in [3.63, 3.8) is 0 Å². The van der Waals surface area contributed by atoms with Gasteiger partial charge in [0.25, 0.3) is 5.91 Å². The molecule has 0 saturated carbocycles. The van der Waals surface area contributed by atoms with E-state index in [9.17, 15) is 14.4 Å². The van der Waals surface area contributed by atoms with Crippen molar-refractivity contribution in [2.45, 2.75) is 6.54 Å². The van der Waals surface area contributed by atoms with Crippen LogP contribution in [0.15, 0.2) is 41.5 Å². The summed E-state index contributed by atoms with van der Waals surface area (Å²) >= 11 is 0. The lowest BCUT2D eigenvalue weighted by atomic mass is 10.2. The lowest BCUT2D eigenvalue weighted by Crippen LogP contribution is -2.24. The molecule has 2 aromatic heterocycles. The summed E-state index contributed by atoms with van der Waals surface area (Å²) < 4.78 is 0. The number of hydrogen-bond acceptors (Lipinski definition) is 4. The Morgan fingerprint density at radius 3 is 2.70 bits per heavy atom. The highest BCUT2D eigenvalue weighted by Gasteiger charge is 2.07. The summed E-state index contributed by atoms with van der Waals surface area (Å²) in [5.74, 6) is -1.44. The highest BCUT2D eigenvalue weighted by molar-refractivity contribution is 5.93. The topological polar surface area (TPSA) is 112 Å². The van der Waals surface area contributed by atoms with Gasteiger partial charge in [-0.3, -0.25) is 14.6 Å². The number of carboxylic acid groups (broad SMARTS) is 1. The predicted molar refractivity (Wildman–Crippen MR) is 69.4 cm³/mol. The number of carboxylic acids is 1. The molecule has 2 rings (SSSR count). The summed E-state index contributed by atoms with van der Waals surface area (Å²) in [4.78, 5) is 39.8. The maximum absolute atomic E-state index is 11.8. The van der Waals surface area contributed by atoms with Gasteiger partial charge in [0.05, 0.1) is 23.4 Å². The molecule has 2 heterocycles. The molecular weight excluding hydrogens is 262 g/mol.